The van der Waals surface area contributed by atoms with Crippen molar-refractivity contribution in [1.29, 1.82) is 0 Å². The van der Waals surface area contributed by atoms with Crippen molar-refractivity contribution in [1.82, 2.24) is 0 Å². The Bertz CT molecular complexity index is 112. The average molecular weight is 769 g/mol. The van der Waals surface area contributed by atoms with Crippen LogP contribution < -0.4 is 0 Å². The summed E-state index contributed by atoms with van der Waals surface area (Å²) in [7, 11) is 0. The molecule has 0 spiro atoms. The zero-order valence-electron chi connectivity index (χ0n) is 6.97. The predicted octanol–water partition coefficient (Wildman–Crippen LogP) is 2.47. The molecule has 0 aromatic heterocycles. The van der Waals surface area contributed by atoms with Crippen molar-refractivity contribution in [2.24, 2.45) is 0 Å². The summed E-state index contributed by atoms with van der Waals surface area (Å²) >= 11 is 4.19. The predicted molar refractivity (Wildman–Crippen MR) is 57.1 cm³/mol. The van der Waals surface area contributed by atoms with Crippen LogP contribution in [0, 0.1) is 0 Å². The van der Waals surface area contributed by atoms with Gasteiger partial charge in [0.05, 0.1) is 0 Å². The van der Waals surface area contributed by atoms with E-state index in [1.54, 1.807) is 0 Å². The number of rotatable bonds is 4. The van der Waals surface area contributed by atoms with Crippen LogP contribution >= 0.6 is 35.3 Å². The van der Waals surface area contributed by atoms with Crippen LogP contribution in [0.3, 0.4) is 0 Å². The zero-order valence-corrected chi connectivity index (χ0v) is 22.3. The van der Waals surface area contributed by atoms with E-state index in [-0.39, 0.29) is 0 Å². The molecular weight excluding hydrogens is 759 g/mol. The Labute approximate surface area is 116 Å². The van der Waals surface area contributed by atoms with Gasteiger partial charge in [-0.25, -0.2) is 0 Å². The maximum atomic E-state index is 5.94. The molecule has 1 aliphatic rings. The van der Waals surface area contributed by atoms with Gasteiger partial charge in [-0.2, -0.15) is 0 Å². The SMILES string of the molecule is [I][Hg][CH2]C1COCC([CH2][Hg][I])O1. The fourth-order valence-corrected chi connectivity index (χ4v) is 17.7. The van der Waals surface area contributed by atoms with Crippen LogP contribution in [0.4, 0.5) is 0 Å². The standard InChI is InChI=1S/C6H10O2.2Hg.2HI/c1-5-3-7-4-6(2)8-5;;;;/h5-6H,1-4H2;;;2*1H/q;2*+1;;/p-2. The molecule has 2 nitrogen and oxygen atoms in total. The summed E-state index contributed by atoms with van der Waals surface area (Å²) in [4.78, 5) is 0. The van der Waals surface area contributed by atoms with Gasteiger partial charge in [-0.1, -0.05) is 0 Å². The van der Waals surface area contributed by atoms with Crippen molar-refractivity contribution in [3.05, 3.63) is 0 Å². The fraction of sp³-hybridized carbons (Fsp3) is 1.00. The van der Waals surface area contributed by atoms with E-state index in [0.717, 1.165) is 13.2 Å². The molecule has 2 atom stereocenters. The van der Waals surface area contributed by atoms with Gasteiger partial charge >= 0.3 is 119 Å². The molecule has 2 unspecified atom stereocenters. The van der Waals surface area contributed by atoms with Gasteiger partial charge in [0.15, 0.2) is 0 Å². The number of halogens is 2. The number of ether oxygens (including phenoxy) is 2. The molecule has 1 rings (SSSR count). The molecule has 64 valence electrons. The van der Waals surface area contributed by atoms with Crippen molar-refractivity contribution >= 4 is 35.3 Å². The van der Waals surface area contributed by atoms with E-state index >= 15 is 0 Å². The molecule has 1 fully saturated rings. The molecular formula is C6H10Hg2I2O2. The summed E-state index contributed by atoms with van der Waals surface area (Å²) in [5.74, 6) is 0. The Kier molecular flexibility index (Phi) is 9.33. The van der Waals surface area contributed by atoms with E-state index in [4.69, 9.17) is 9.47 Å². The Balaban J connectivity index is 2.20. The third-order valence-corrected chi connectivity index (χ3v) is 19.5. The van der Waals surface area contributed by atoms with Crippen molar-refractivity contribution < 1.29 is 50.0 Å². The molecule has 0 saturated carbocycles. The monoisotopic (exact) mass is 772 g/mol. The zero-order chi connectivity index (χ0) is 8.81. The van der Waals surface area contributed by atoms with Crippen LogP contribution in [0.1, 0.15) is 0 Å². The minimum atomic E-state index is -0.522. The first-order valence-corrected chi connectivity index (χ1v) is 42.9. The second kappa shape index (κ2) is 8.41. The van der Waals surface area contributed by atoms with Gasteiger partial charge in [0.25, 0.3) is 0 Å². The third kappa shape index (κ3) is 5.37. The van der Waals surface area contributed by atoms with Gasteiger partial charge in [-0.15, -0.1) is 0 Å². The van der Waals surface area contributed by atoms with E-state index in [0.29, 0.717) is 12.2 Å². The molecule has 0 aliphatic carbocycles. The van der Waals surface area contributed by atoms with Crippen molar-refractivity contribution in [2.75, 3.05) is 13.2 Å². The number of hydrogen-bond acceptors (Lipinski definition) is 2. The Morgan fingerprint density at radius 2 is 1.58 bits per heavy atom. The molecule has 12 heavy (non-hydrogen) atoms. The van der Waals surface area contributed by atoms with Crippen LogP contribution in [0.15, 0.2) is 0 Å². The molecule has 0 radical (unpaired) electrons. The molecule has 0 aromatic rings. The van der Waals surface area contributed by atoms with Gasteiger partial charge in [0.1, 0.15) is 0 Å². The topological polar surface area (TPSA) is 18.5 Å². The Morgan fingerprint density at radius 1 is 1.08 bits per heavy atom. The van der Waals surface area contributed by atoms with Crippen LogP contribution in [-0.2, 0) is 50.0 Å². The summed E-state index contributed by atoms with van der Waals surface area (Å²) in [5, 5.41) is 0. The molecule has 6 heteroatoms. The summed E-state index contributed by atoms with van der Waals surface area (Å²) in [5.41, 5.74) is 0. The second-order valence-corrected chi connectivity index (χ2v) is 29.2. The number of hydrogen-bond donors (Lipinski definition) is 0. The van der Waals surface area contributed by atoms with Crippen LogP contribution in [0.5, 0.6) is 0 Å². The van der Waals surface area contributed by atoms with Crippen molar-refractivity contribution in [3.8, 4) is 0 Å². The van der Waals surface area contributed by atoms with Gasteiger partial charge in [0.2, 0.25) is 0 Å². The van der Waals surface area contributed by atoms with E-state index in [2.05, 4.69) is 35.3 Å². The Hall–Kier alpha value is 3.25. The summed E-state index contributed by atoms with van der Waals surface area (Å²) < 4.78 is 14.2. The van der Waals surface area contributed by atoms with Crippen LogP contribution in [-0.4, -0.2) is 25.4 Å². The molecule has 0 amide bonds. The summed E-state index contributed by atoms with van der Waals surface area (Å²) in [6, 6.07) is 0. The van der Waals surface area contributed by atoms with Gasteiger partial charge in [-0.3, -0.25) is 0 Å². The first-order chi connectivity index (χ1) is 5.86. The summed E-state index contributed by atoms with van der Waals surface area (Å²) in [6.45, 7) is 1.75. The van der Waals surface area contributed by atoms with E-state index in [1.165, 1.54) is 7.86 Å². The van der Waals surface area contributed by atoms with Crippen LogP contribution in [0.2, 0.25) is 7.86 Å². The molecule has 1 aliphatic heterocycles. The first-order valence-electron chi connectivity index (χ1n) is 4.22. The third-order valence-electron chi connectivity index (χ3n) is 1.85. The first kappa shape index (κ1) is 13.3. The molecule has 0 bridgehead atoms. The fourth-order valence-electron chi connectivity index (χ4n) is 1.23. The van der Waals surface area contributed by atoms with Crippen molar-refractivity contribution in [3.63, 3.8) is 0 Å². The molecule has 0 aromatic carbocycles. The van der Waals surface area contributed by atoms with E-state index < -0.39 is 40.5 Å². The van der Waals surface area contributed by atoms with Gasteiger partial charge in [0, 0.05) is 0 Å². The van der Waals surface area contributed by atoms with Crippen LogP contribution in [0.25, 0.3) is 0 Å². The molecule has 0 N–H and O–H groups in total. The van der Waals surface area contributed by atoms with E-state index in [1.807, 2.05) is 0 Å². The van der Waals surface area contributed by atoms with E-state index in [9.17, 15) is 0 Å². The van der Waals surface area contributed by atoms with Gasteiger partial charge in [-0.05, 0) is 0 Å². The maximum absolute atomic E-state index is 5.94. The second-order valence-electron chi connectivity index (χ2n) is 2.87. The van der Waals surface area contributed by atoms with Crippen molar-refractivity contribution in [2.45, 2.75) is 20.1 Å². The average Bonchev–Trinajstić information content (AvgIpc) is 2.06. The van der Waals surface area contributed by atoms with Gasteiger partial charge < -0.3 is 0 Å². The minimum absolute atomic E-state index is 0.485. The molecule has 1 heterocycles. The quantitative estimate of drug-likeness (QED) is 0.324. The summed E-state index contributed by atoms with van der Waals surface area (Å²) in [6.07, 6.45) is 0.970. The Morgan fingerprint density at radius 3 is 2.00 bits per heavy atom. The molecule has 1 saturated heterocycles. The normalized spacial score (nSPS) is 29.2.